The highest BCUT2D eigenvalue weighted by atomic mass is 15.0. The molecular weight excluding hydrogens is 193 g/mol. The molecule has 1 heterocycles. The van der Waals surface area contributed by atoms with Crippen LogP contribution in [0.1, 0.15) is 59.8 Å². The van der Waals surface area contributed by atoms with Crippen LogP contribution in [0.3, 0.4) is 0 Å². The SMILES string of the molecule is BN1CCCC(C(C)(C)CC(C)C)CCC1. The standard InChI is InChI=1S/C14H30BN/c1-12(2)11-14(3,4)13-7-5-9-16(15)10-6-8-13/h12-13H,5-11,15H2,1-4H3. The molecule has 1 aliphatic heterocycles. The molecule has 0 aromatic rings. The second-order valence-corrected chi connectivity index (χ2v) is 6.87. The Morgan fingerprint density at radius 3 is 2.12 bits per heavy atom. The molecule has 0 amide bonds. The fourth-order valence-corrected chi connectivity index (χ4v) is 3.47. The van der Waals surface area contributed by atoms with Crippen molar-refractivity contribution in [2.75, 3.05) is 13.1 Å². The smallest absolute Gasteiger partial charge is 0.185 e. The van der Waals surface area contributed by atoms with Gasteiger partial charge in [0.2, 0.25) is 0 Å². The van der Waals surface area contributed by atoms with Gasteiger partial charge in [-0.05, 0) is 62.4 Å². The van der Waals surface area contributed by atoms with Gasteiger partial charge in [-0.2, -0.15) is 0 Å². The summed E-state index contributed by atoms with van der Waals surface area (Å²) in [4.78, 5) is 2.49. The van der Waals surface area contributed by atoms with Gasteiger partial charge >= 0.3 is 0 Å². The lowest BCUT2D eigenvalue weighted by atomic mass is 9.69. The molecule has 0 spiro atoms. The Morgan fingerprint density at radius 1 is 1.19 bits per heavy atom. The maximum Gasteiger partial charge on any atom is 0.185 e. The fraction of sp³-hybridized carbons (Fsp3) is 1.00. The monoisotopic (exact) mass is 223 g/mol. The van der Waals surface area contributed by atoms with E-state index in [4.69, 9.17) is 0 Å². The summed E-state index contributed by atoms with van der Waals surface area (Å²) in [5, 5.41) is 0. The molecule has 0 atom stereocenters. The Morgan fingerprint density at radius 2 is 1.69 bits per heavy atom. The van der Waals surface area contributed by atoms with E-state index < -0.39 is 0 Å². The van der Waals surface area contributed by atoms with Crippen LogP contribution in [0.25, 0.3) is 0 Å². The molecule has 0 saturated carbocycles. The van der Waals surface area contributed by atoms with E-state index >= 15 is 0 Å². The van der Waals surface area contributed by atoms with Gasteiger partial charge in [-0.15, -0.1) is 0 Å². The highest BCUT2D eigenvalue weighted by molar-refractivity contribution is 6.04. The first-order valence-corrected chi connectivity index (χ1v) is 7.10. The van der Waals surface area contributed by atoms with Gasteiger partial charge in [0.1, 0.15) is 0 Å². The predicted molar refractivity (Wildman–Crippen MR) is 75.3 cm³/mol. The van der Waals surface area contributed by atoms with Crippen molar-refractivity contribution >= 4 is 7.98 Å². The summed E-state index contributed by atoms with van der Waals surface area (Å²) in [6.07, 6.45) is 7.03. The first-order chi connectivity index (χ1) is 7.42. The predicted octanol–water partition coefficient (Wildman–Crippen LogP) is 3.10. The molecule has 94 valence electrons. The van der Waals surface area contributed by atoms with E-state index in [-0.39, 0.29) is 0 Å². The van der Waals surface area contributed by atoms with Crippen LogP contribution in [0, 0.1) is 17.3 Å². The number of nitrogens with zero attached hydrogens (tertiary/aromatic N) is 1. The highest BCUT2D eigenvalue weighted by Gasteiger charge is 2.30. The maximum absolute atomic E-state index is 2.49. The lowest BCUT2D eigenvalue weighted by Crippen LogP contribution is -2.31. The maximum atomic E-state index is 2.49. The molecule has 0 bridgehead atoms. The molecule has 0 aromatic carbocycles. The lowest BCUT2D eigenvalue weighted by Gasteiger charge is -2.38. The van der Waals surface area contributed by atoms with Crippen molar-refractivity contribution in [2.45, 2.75) is 59.8 Å². The minimum absolute atomic E-state index is 0.546. The zero-order chi connectivity index (χ0) is 12.2. The molecule has 0 radical (unpaired) electrons. The third-order valence-electron chi connectivity index (χ3n) is 4.22. The largest absolute Gasteiger partial charge is 0.349 e. The van der Waals surface area contributed by atoms with Gasteiger partial charge in [-0.1, -0.05) is 27.7 Å². The van der Waals surface area contributed by atoms with Crippen LogP contribution < -0.4 is 0 Å². The summed E-state index contributed by atoms with van der Waals surface area (Å²) in [5.41, 5.74) is 0.546. The molecular formula is C14H30BN. The first-order valence-electron chi connectivity index (χ1n) is 7.10. The zero-order valence-electron chi connectivity index (χ0n) is 12.1. The van der Waals surface area contributed by atoms with Crippen molar-refractivity contribution in [1.29, 1.82) is 0 Å². The average Bonchev–Trinajstić information content (AvgIpc) is 2.08. The van der Waals surface area contributed by atoms with E-state index in [1.54, 1.807) is 0 Å². The molecule has 1 saturated heterocycles. The van der Waals surface area contributed by atoms with E-state index in [0.717, 1.165) is 11.8 Å². The van der Waals surface area contributed by atoms with Gasteiger partial charge < -0.3 is 4.81 Å². The summed E-state index contributed by atoms with van der Waals surface area (Å²) in [5.74, 6) is 1.78. The highest BCUT2D eigenvalue weighted by Crippen LogP contribution is 2.39. The third-order valence-corrected chi connectivity index (χ3v) is 4.22. The molecule has 1 aliphatic rings. The summed E-state index contributed by atoms with van der Waals surface area (Å²) >= 11 is 0. The quantitative estimate of drug-likeness (QED) is 0.664. The average molecular weight is 223 g/mol. The van der Waals surface area contributed by atoms with E-state index in [0.29, 0.717) is 5.41 Å². The lowest BCUT2D eigenvalue weighted by molar-refractivity contribution is 0.134. The second-order valence-electron chi connectivity index (χ2n) is 6.87. The molecule has 0 aliphatic carbocycles. The van der Waals surface area contributed by atoms with Gasteiger partial charge in [0.05, 0.1) is 0 Å². The van der Waals surface area contributed by atoms with Crippen molar-refractivity contribution in [1.82, 2.24) is 4.81 Å². The van der Waals surface area contributed by atoms with Gasteiger partial charge in [0.15, 0.2) is 7.98 Å². The van der Waals surface area contributed by atoms with Crippen molar-refractivity contribution in [3.8, 4) is 0 Å². The molecule has 0 aromatic heterocycles. The van der Waals surface area contributed by atoms with Crippen LogP contribution >= 0.6 is 0 Å². The minimum Gasteiger partial charge on any atom is -0.349 e. The Bertz CT molecular complexity index is 191. The summed E-state index contributed by atoms with van der Waals surface area (Å²) in [6, 6.07) is 0. The van der Waals surface area contributed by atoms with E-state index in [1.807, 2.05) is 0 Å². The Labute approximate surface area is 103 Å². The molecule has 1 fully saturated rings. The van der Waals surface area contributed by atoms with Crippen LogP contribution in [0.5, 0.6) is 0 Å². The second kappa shape index (κ2) is 6.09. The summed E-state index contributed by atoms with van der Waals surface area (Å²) < 4.78 is 0. The molecule has 2 heteroatoms. The minimum atomic E-state index is 0.546. The third kappa shape index (κ3) is 4.49. The fourth-order valence-electron chi connectivity index (χ4n) is 3.47. The molecule has 16 heavy (non-hydrogen) atoms. The zero-order valence-corrected chi connectivity index (χ0v) is 12.1. The van der Waals surface area contributed by atoms with E-state index in [2.05, 4.69) is 40.5 Å². The van der Waals surface area contributed by atoms with Crippen LogP contribution in [-0.2, 0) is 0 Å². The van der Waals surface area contributed by atoms with E-state index in [1.165, 1.54) is 45.2 Å². The van der Waals surface area contributed by atoms with Gasteiger partial charge in [-0.3, -0.25) is 0 Å². The van der Waals surface area contributed by atoms with Gasteiger partial charge in [0, 0.05) is 0 Å². The normalized spacial score (nSPS) is 22.1. The number of hydrogen-bond acceptors (Lipinski definition) is 1. The van der Waals surface area contributed by atoms with Crippen LogP contribution in [0.2, 0.25) is 0 Å². The van der Waals surface area contributed by atoms with Crippen molar-refractivity contribution in [2.24, 2.45) is 17.3 Å². The summed E-state index contributed by atoms with van der Waals surface area (Å²) in [6.45, 7) is 12.3. The first kappa shape index (κ1) is 14.1. The molecule has 1 rings (SSSR count). The van der Waals surface area contributed by atoms with Gasteiger partial charge in [-0.25, -0.2) is 0 Å². The molecule has 0 N–H and O–H groups in total. The van der Waals surface area contributed by atoms with Crippen molar-refractivity contribution in [3.63, 3.8) is 0 Å². The van der Waals surface area contributed by atoms with Crippen molar-refractivity contribution < 1.29 is 0 Å². The molecule has 1 nitrogen and oxygen atoms in total. The Kier molecular flexibility index (Phi) is 5.36. The number of rotatable bonds is 3. The number of hydrogen-bond donors (Lipinski definition) is 0. The Balaban J connectivity index is 2.50. The van der Waals surface area contributed by atoms with Crippen LogP contribution in [0.15, 0.2) is 0 Å². The van der Waals surface area contributed by atoms with Crippen LogP contribution in [-0.4, -0.2) is 25.9 Å². The van der Waals surface area contributed by atoms with Crippen molar-refractivity contribution in [3.05, 3.63) is 0 Å². The topological polar surface area (TPSA) is 3.24 Å². The Hall–Kier alpha value is 0.0249. The van der Waals surface area contributed by atoms with Gasteiger partial charge in [0.25, 0.3) is 0 Å². The van der Waals surface area contributed by atoms with Crippen LogP contribution in [0.4, 0.5) is 0 Å². The summed E-state index contributed by atoms with van der Waals surface area (Å²) in [7, 11) is 2.26. The molecule has 0 unspecified atom stereocenters. The van der Waals surface area contributed by atoms with E-state index in [9.17, 15) is 0 Å².